The van der Waals surface area contributed by atoms with Gasteiger partial charge in [-0.25, -0.2) is 17.6 Å². The number of hydrogen-bond donors (Lipinski definition) is 4. The predicted octanol–water partition coefficient (Wildman–Crippen LogP) is 26.6. The van der Waals surface area contributed by atoms with Crippen molar-refractivity contribution in [2.75, 3.05) is 13.6 Å². The average Bonchev–Trinajstić information content (AvgIpc) is 1.73. The van der Waals surface area contributed by atoms with Crippen molar-refractivity contribution in [1.82, 2.24) is 18.3 Å². The Morgan fingerprint density at radius 1 is 0.256 bits per heavy atom. The molecule has 17 heteroatoms. The largest absolute Gasteiger partial charge is 0.553 e. The molecule has 4 aromatic heterocycles. The zero-order chi connectivity index (χ0) is 80.7. The molecule has 0 fully saturated rings. The van der Waals surface area contributed by atoms with Crippen LogP contribution in [0.2, 0.25) is 0 Å². The second kappa shape index (κ2) is 32.9. The van der Waals surface area contributed by atoms with Gasteiger partial charge in [-0.1, -0.05) is 146 Å². The molecule has 0 atom stereocenters. The Balaban J connectivity index is 0.000000175. The summed E-state index contributed by atoms with van der Waals surface area (Å²) in [7, 11) is 0. The summed E-state index contributed by atoms with van der Waals surface area (Å²) in [5.74, 6) is -0.980. The van der Waals surface area contributed by atoms with Crippen LogP contribution in [0, 0.1) is 65.8 Å². The van der Waals surface area contributed by atoms with Gasteiger partial charge in [-0.05, 0) is 214 Å². The SMILES string of the molecule is Cc1cc(-c2cc(F)ccc2OCOc2ccc(F)cc2-c2cc(C)cc(-n3c4ccccc4c4ccccc43)c2O)c(O)c(-n2c3ccccc3c3ccccc32)c1.Cc1cc(-c2cc(F)ccc2OC[OH+]c2ccc(F)cc2-c2cc(C)cc(-n3c4ccccc4c4ccccc43)c2O)c(O)c(-n2c3ccccc3c3ccccc32)c1.[CH3-].[CH3-].[Zr]. The summed E-state index contributed by atoms with van der Waals surface area (Å²) < 4.78 is 91.8. The van der Waals surface area contributed by atoms with Crippen molar-refractivity contribution in [3.05, 3.63) is 376 Å². The van der Waals surface area contributed by atoms with E-state index in [-0.39, 0.29) is 89.1 Å². The summed E-state index contributed by atoms with van der Waals surface area (Å²) in [6.07, 6.45) is 0. The summed E-state index contributed by atoms with van der Waals surface area (Å²) in [6.45, 7) is 7.13. The molecule has 0 unspecified atom stereocenters. The number of hydrogen-bond acceptors (Lipinski definition) is 7. The summed E-state index contributed by atoms with van der Waals surface area (Å²) in [5, 5.41) is 56.5. The fraction of sp³-hybridized carbons (Fsp3) is 0.0577. The molecule has 0 bridgehead atoms. The van der Waals surface area contributed by atoms with Gasteiger partial charge < -0.3 is 72.5 Å². The number of para-hydroxylation sites is 8. The molecule has 0 aliphatic carbocycles. The molecule has 0 saturated carbocycles. The van der Waals surface area contributed by atoms with Gasteiger partial charge in [0.25, 0.3) is 5.75 Å². The van der Waals surface area contributed by atoms with Crippen molar-refractivity contribution < 1.29 is 83.1 Å². The van der Waals surface area contributed by atoms with Crippen molar-refractivity contribution >= 4 is 87.2 Å². The summed E-state index contributed by atoms with van der Waals surface area (Å²) in [6, 6.07) is 95.6. The molecule has 5 N–H and O–H groups in total. The molecule has 121 heavy (non-hydrogen) atoms. The van der Waals surface area contributed by atoms with Crippen LogP contribution in [0.1, 0.15) is 22.3 Å². The van der Waals surface area contributed by atoms with Crippen molar-refractivity contribution in [2.24, 2.45) is 0 Å². The number of ether oxygens (including phenoxy) is 4. The van der Waals surface area contributed by atoms with Gasteiger partial charge in [0.1, 0.15) is 63.5 Å². The number of aromatic nitrogens is 4. The molecule has 20 rings (SSSR count). The van der Waals surface area contributed by atoms with Gasteiger partial charge in [-0.3, -0.25) is 0 Å². The third-order valence-corrected chi connectivity index (χ3v) is 22.0. The number of phenolic OH excluding ortho intramolecular Hbond substituents is 4. The van der Waals surface area contributed by atoms with E-state index in [1.807, 2.05) is 222 Å². The van der Waals surface area contributed by atoms with Gasteiger partial charge >= 0.3 is 6.79 Å². The number of aromatic hydroxyl groups is 5. The average molecular weight is 1680 g/mol. The van der Waals surface area contributed by atoms with Crippen LogP contribution in [0.5, 0.6) is 46.0 Å². The minimum atomic E-state index is -0.512. The zero-order valence-corrected chi connectivity index (χ0v) is 69.2. The second-order valence-corrected chi connectivity index (χ2v) is 29.6. The van der Waals surface area contributed by atoms with Gasteiger partial charge in [0.2, 0.25) is 6.79 Å². The summed E-state index contributed by atoms with van der Waals surface area (Å²) >= 11 is 0. The van der Waals surface area contributed by atoms with Gasteiger partial charge in [0.05, 0.1) is 72.4 Å². The Bertz CT molecular complexity index is 6380. The smallest absolute Gasteiger partial charge is 0.327 e. The number of phenols is 4. The van der Waals surface area contributed by atoms with Crippen molar-refractivity contribution in [1.29, 1.82) is 0 Å². The number of aliphatic hydroxyl groups is 1. The number of nitrogens with zero attached hydrogens (tertiary/aromatic N) is 4. The maximum Gasteiger partial charge on any atom is 0.327 e. The first-order valence-electron chi connectivity index (χ1n) is 38.5. The molecule has 0 spiro atoms. The number of aryl methyl sites for hydroxylation is 4. The molecule has 0 saturated heterocycles. The number of rotatable bonds is 16. The quantitative estimate of drug-likeness (QED) is 0.0327. The third-order valence-electron chi connectivity index (χ3n) is 22.0. The van der Waals surface area contributed by atoms with E-state index in [4.69, 9.17) is 18.9 Å². The Labute approximate surface area is 714 Å². The standard InChI is InChI=1S/2C51H36F2N2O4.2CH3.Zr/c2*1-30-23-40(50(56)46(25-30)54-42-15-7-3-11-34(42)35-12-4-8-16-43(35)54)38-27-32(52)19-21-48(38)58-29-59-49-22-20-33(53)28-39(49)41-24-31(2)26-47(51(41)57)55-44-17-9-5-13-36(44)37-14-6-10-18-45(37)55;;;/h2*3-28,56-57H,29H2,1-2H3;2*1H3;/q;;2*-1;/p+1. The van der Waals surface area contributed by atoms with E-state index < -0.39 is 23.3 Å². The van der Waals surface area contributed by atoms with Crippen LogP contribution in [0.15, 0.2) is 315 Å². The molecule has 0 aliphatic rings. The van der Waals surface area contributed by atoms with E-state index in [0.29, 0.717) is 78.8 Å². The van der Waals surface area contributed by atoms with Crippen molar-refractivity contribution in [2.45, 2.75) is 27.7 Å². The first-order chi connectivity index (χ1) is 57.5. The van der Waals surface area contributed by atoms with Crippen LogP contribution in [0.3, 0.4) is 0 Å². The van der Waals surface area contributed by atoms with Gasteiger partial charge in [-0.2, -0.15) is 0 Å². The van der Waals surface area contributed by atoms with E-state index in [2.05, 4.69) is 48.5 Å². The summed E-state index contributed by atoms with van der Waals surface area (Å²) in [4.78, 5) is 0. The van der Waals surface area contributed by atoms with E-state index in [1.54, 1.807) is 24.3 Å². The van der Waals surface area contributed by atoms with E-state index in [0.717, 1.165) is 109 Å². The van der Waals surface area contributed by atoms with Crippen LogP contribution in [0.25, 0.3) is 154 Å². The number of fused-ring (bicyclic) bond motifs is 12. The molecule has 12 nitrogen and oxygen atoms in total. The van der Waals surface area contributed by atoms with Crippen LogP contribution in [-0.4, -0.2) is 57.0 Å². The maximum atomic E-state index is 15.1. The third kappa shape index (κ3) is 14.3. The second-order valence-electron chi connectivity index (χ2n) is 29.6. The van der Waals surface area contributed by atoms with Gasteiger partial charge in [0, 0.05) is 114 Å². The van der Waals surface area contributed by atoms with Gasteiger partial charge in [0.15, 0.2) is 0 Å². The number of benzene rings is 16. The fourth-order valence-electron chi connectivity index (χ4n) is 17.0. The Morgan fingerprint density at radius 2 is 0.471 bits per heavy atom. The minimum Gasteiger partial charge on any atom is -0.553 e. The monoisotopic (exact) mass is 1680 g/mol. The van der Waals surface area contributed by atoms with Gasteiger partial charge in [-0.15, -0.1) is 0 Å². The molecule has 4 heterocycles. The van der Waals surface area contributed by atoms with E-state index >= 15 is 17.6 Å². The summed E-state index contributed by atoms with van der Waals surface area (Å²) in [5.41, 5.74) is 15.9. The Morgan fingerprint density at radius 3 is 0.727 bits per heavy atom. The van der Waals surface area contributed by atoms with E-state index in [1.165, 1.54) is 66.7 Å². The molecule has 596 valence electrons. The first kappa shape index (κ1) is 80.5. The first-order valence-corrected chi connectivity index (χ1v) is 38.5. The normalized spacial score (nSPS) is 11.3. The topological polar surface area (TPSA) is 141 Å². The molecular weight excluding hydrogens is 1600 g/mol. The maximum absolute atomic E-state index is 15.1. The molecule has 0 radical (unpaired) electrons. The minimum absolute atomic E-state index is 0. The van der Waals surface area contributed by atoms with Crippen LogP contribution in [-0.2, 0) is 26.2 Å². The number of halogens is 4. The van der Waals surface area contributed by atoms with Crippen molar-refractivity contribution in [3.8, 4) is 113 Å². The van der Waals surface area contributed by atoms with Crippen molar-refractivity contribution in [3.63, 3.8) is 0 Å². The zero-order valence-electron chi connectivity index (χ0n) is 66.7. The Kier molecular flexibility index (Phi) is 21.9. The van der Waals surface area contributed by atoms with Crippen LogP contribution in [0.4, 0.5) is 17.6 Å². The fourth-order valence-corrected chi connectivity index (χ4v) is 17.0. The molecule has 16 aromatic carbocycles. The van der Waals surface area contributed by atoms with E-state index in [9.17, 15) is 20.4 Å². The van der Waals surface area contributed by atoms with Crippen LogP contribution < -0.4 is 14.2 Å². The molecular formula is C104H79F4N4O8Zr-. The Hall–Kier alpha value is -14.3. The van der Waals surface area contributed by atoms with Crippen LogP contribution >= 0.6 is 0 Å². The molecule has 20 aromatic rings. The molecule has 0 amide bonds. The molecule has 0 aliphatic heterocycles. The predicted molar refractivity (Wildman–Crippen MR) is 476 cm³/mol.